The molecule has 0 bridgehead atoms. The fraction of sp³-hybridized carbons (Fsp3) is 0.312. The zero-order chi connectivity index (χ0) is 16.2. The topological polar surface area (TPSA) is 55.6 Å². The molecule has 3 rings (SSSR count). The van der Waals surface area contributed by atoms with Gasteiger partial charge in [0.05, 0.1) is 6.33 Å². The molecule has 1 aromatic carbocycles. The molecule has 0 saturated carbocycles. The van der Waals surface area contributed by atoms with Gasteiger partial charge in [-0.3, -0.25) is 0 Å². The highest BCUT2D eigenvalue weighted by molar-refractivity contribution is 6.28. The average Bonchev–Trinajstić information content (AvgIpc) is 2.95. The summed E-state index contributed by atoms with van der Waals surface area (Å²) in [6.45, 7) is 3.49. The Balaban J connectivity index is 1.85. The monoisotopic (exact) mass is 333 g/mol. The highest BCUT2D eigenvalue weighted by atomic mass is 35.5. The second-order valence-corrected chi connectivity index (χ2v) is 5.62. The Labute approximate surface area is 138 Å². The van der Waals surface area contributed by atoms with Crippen molar-refractivity contribution >= 4 is 28.6 Å². The number of hydrogen-bond acceptors (Lipinski definition) is 4. The van der Waals surface area contributed by atoms with Gasteiger partial charge in [-0.25, -0.2) is 9.37 Å². The molecule has 7 heteroatoms. The first-order valence-corrected chi connectivity index (χ1v) is 7.92. The maximum Gasteiger partial charge on any atom is 0.226 e. The summed E-state index contributed by atoms with van der Waals surface area (Å²) < 4.78 is 14.9. The van der Waals surface area contributed by atoms with Gasteiger partial charge < -0.3 is 9.88 Å². The van der Waals surface area contributed by atoms with Gasteiger partial charge in [-0.05, 0) is 35.7 Å². The molecule has 23 heavy (non-hydrogen) atoms. The van der Waals surface area contributed by atoms with E-state index in [1.165, 1.54) is 12.1 Å². The van der Waals surface area contributed by atoms with Crippen LogP contribution in [0.15, 0.2) is 30.6 Å². The van der Waals surface area contributed by atoms with Crippen molar-refractivity contribution in [2.45, 2.75) is 32.9 Å². The SMILES string of the molecule is CCCCn1cnc2c(NCc3ccc(F)cc3)nc(Cl)nc21. The number of unbranched alkanes of at least 4 members (excludes halogenated alkanes) is 1. The molecule has 2 aromatic heterocycles. The molecule has 0 aliphatic heterocycles. The molecule has 120 valence electrons. The molecule has 0 saturated heterocycles. The lowest BCUT2D eigenvalue weighted by Gasteiger charge is -2.07. The van der Waals surface area contributed by atoms with E-state index in [2.05, 4.69) is 27.2 Å². The number of aromatic nitrogens is 4. The standard InChI is InChI=1S/C16H17ClFN5/c1-2-3-8-23-10-20-13-14(21-16(17)22-15(13)23)19-9-11-4-6-12(18)7-5-11/h4-7,10H,2-3,8-9H2,1H3,(H,19,21,22). The van der Waals surface area contributed by atoms with Crippen molar-refractivity contribution in [1.82, 2.24) is 19.5 Å². The minimum atomic E-state index is -0.254. The predicted molar refractivity (Wildman–Crippen MR) is 89.0 cm³/mol. The van der Waals surface area contributed by atoms with E-state index >= 15 is 0 Å². The van der Waals surface area contributed by atoms with Gasteiger partial charge in [0.25, 0.3) is 0 Å². The van der Waals surface area contributed by atoms with Crippen LogP contribution in [0.2, 0.25) is 5.28 Å². The van der Waals surface area contributed by atoms with Crippen LogP contribution in [0.4, 0.5) is 10.2 Å². The van der Waals surface area contributed by atoms with Crippen molar-refractivity contribution in [1.29, 1.82) is 0 Å². The van der Waals surface area contributed by atoms with E-state index in [1.54, 1.807) is 18.5 Å². The van der Waals surface area contributed by atoms with E-state index in [9.17, 15) is 4.39 Å². The van der Waals surface area contributed by atoms with Gasteiger partial charge in [-0.2, -0.15) is 9.97 Å². The van der Waals surface area contributed by atoms with Crippen LogP contribution in [0.3, 0.4) is 0 Å². The second kappa shape index (κ2) is 6.91. The fourth-order valence-electron chi connectivity index (χ4n) is 2.32. The number of aryl methyl sites for hydroxylation is 1. The van der Waals surface area contributed by atoms with Crippen molar-refractivity contribution in [3.8, 4) is 0 Å². The van der Waals surface area contributed by atoms with E-state index < -0.39 is 0 Å². The number of fused-ring (bicyclic) bond motifs is 1. The Hall–Kier alpha value is -2.21. The van der Waals surface area contributed by atoms with Gasteiger partial charge >= 0.3 is 0 Å². The van der Waals surface area contributed by atoms with Crippen LogP contribution in [-0.2, 0) is 13.1 Å². The molecule has 0 spiro atoms. The number of imidazole rings is 1. The molecule has 0 unspecified atom stereocenters. The summed E-state index contributed by atoms with van der Waals surface area (Å²) in [6, 6.07) is 6.31. The quantitative estimate of drug-likeness (QED) is 0.692. The maximum atomic E-state index is 12.9. The highest BCUT2D eigenvalue weighted by Gasteiger charge is 2.12. The summed E-state index contributed by atoms with van der Waals surface area (Å²) in [5.74, 6) is 0.329. The van der Waals surface area contributed by atoms with Crippen molar-refractivity contribution in [2.75, 3.05) is 5.32 Å². The third-order valence-electron chi connectivity index (χ3n) is 3.56. The summed E-state index contributed by atoms with van der Waals surface area (Å²) >= 11 is 6.04. The zero-order valence-corrected chi connectivity index (χ0v) is 13.5. The number of nitrogens with zero attached hydrogens (tertiary/aromatic N) is 4. The lowest BCUT2D eigenvalue weighted by Crippen LogP contribution is -2.04. The maximum absolute atomic E-state index is 12.9. The Morgan fingerprint density at radius 2 is 2.00 bits per heavy atom. The van der Waals surface area contributed by atoms with Gasteiger partial charge in [0.1, 0.15) is 5.82 Å². The summed E-state index contributed by atoms with van der Waals surface area (Å²) in [7, 11) is 0. The lowest BCUT2D eigenvalue weighted by molar-refractivity contribution is 0.627. The molecule has 0 radical (unpaired) electrons. The molecule has 0 aliphatic rings. The van der Waals surface area contributed by atoms with Crippen LogP contribution in [0.5, 0.6) is 0 Å². The predicted octanol–water partition coefficient (Wildman–Crippen LogP) is 4.03. The van der Waals surface area contributed by atoms with E-state index in [4.69, 9.17) is 11.6 Å². The minimum Gasteiger partial charge on any atom is -0.364 e. The number of anilines is 1. The van der Waals surface area contributed by atoms with Crippen molar-refractivity contribution < 1.29 is 4.39 Å². The molecule has 0 aliphatic carbocycles. The molecular weight excluding hydrogens is 317 g/mol. The molecule has 2 heterocycles. The van der Waals surface area contributed by atoms with Gasteiger partial charge in [0.2, 0.25) is 5.28 Å². The molecule has 3 aromatic rings. The van der Waals surface area contributed by atoms with E-state index in [0.717, 1.165) is 30.6 Å². The van der Waals surface area contributed by atoms with E-state index in [1.807, 2.05) is 4.57 Å². The highest BCUT2D eigenvalue weighted by Crippen LogP contribution is 2.22. The third-order valence-corrected chi connectivity index (χ3v) is 3.73. The van der Waals surface area contributed by atoms with Crippen LogP contribution in [0.25, 0.3) is 11.2 Å². The number of nitrogens with one attached hydrogen (secondary N) is 1. The molecule has 0 fully saturated rings. The van der Waals surface area contributed by atoms with Crippen LogP contribution in [0.1, 0.15) is 25.3 Å². The molecule has 5 nitrogen and oxygen atoms in total. The van der Waals surface area contributed by atoms with Gasteiger partial charge in [-0.15, -0.1) is 0 Å². The van der Waals surface area contributed by atoms with Crippen LogP contribution >= 0.6 is 11.6 Å². The van der Waals surface area contributed by atoms with Crippen molar-refractivity contribution in [3.05, 3.63) is 47.3 Å². The smallest absolute Gasteiger partial charge is 0.226 e. The van der Waals surface area contributed by atoms with Gasteiger partial charge in [0, 0.05) is 13.1 Å². The molecular formula is C16H17ClFN5. The summed E-state index contributed by atoms with van der Waals surface area (Å²) in [5, 5.41) is 3.38. The number of hydrogen-bond donors (Lipinski definition) is 1. The van der Waals surface area contributed by atoms with E-state index in [0.29, 0.717) is 17.9 Å². The largest absolute Gasteiger partial charge is 0.364 e. The summed E-state index contributed by atoms with van der Waals surface area (Å²) in [4.78, 5) is 12.9. The van der Waals surface area contributed by atoms with Crippen LogP contribution < -0.4 is 5.32 Å². The first-order chi connectivity index (χ1) is 11.2. The molecule has 0 amide bonds. The number of rotatable bonds is 6. The van der Waals surface area contributed by atoms with Crippen LogP contribution in [0, 0.1) is 5.82 Å². The van der Waals surface area contributed by atoms with E-state index in [-0.39, 0.29) is 11.1 Å². The first kappa shape index (κ1) is 15.7. The molecule has 0 atom stereocenters. The third kappa shape index (κ3) is 3.59. The van der Waals surface area contributed by atoms with Gasteiger partial charge in [-0.1, -0.05) is 25.5 Å². The number of benzene rings is 1. The summed E-state index contributed by atoms with van der Waals surface area (Å²) in [5.41, 5.74) is 2.35. The fourth-order valence-corrected chi connectivity index (χ4v) is 2.49. The first-order valence-electron chi connectivity index (χ1n) is 7.54. The van der Waals surface area contributed by atoms with Crippen LogP contribution in [-0.4, -0.2) is 19.5 Å². The Kier molecular flexibility index (Phi) is 4.71. The molecule has 1 N–H and O–H groups in total. The average molecular weight is 334 g/mol. The minimum absolute atomic E-state index is 0.178. The Morgan fingerprint density at radius 1 is 1.22 bits per heavy atom. The number of halogens is 2. The lowest BCUT2D eigenvalue weighted by atomic mass is 10.2. The Morgan fingerprint density at radius 3 is 2.74 bits per heavy atom. The van der Waals surface area contributed by atoms with Gasteiger partial charge in [0.15, 0.2) is 17.0 Å². The van der Waals surface area contributed by atoms with Crippen molar-refractivity contribution in [2.24, 2.45) is 0 Å². The second-order valence-electron chi connectivity index (χ2n) is 5.28. The normalized spacial score (nSPS) is 11.1. The zero-order valence-electron chi connectivity index (χ0n) is 12.8. The Bertz CT molecular complexity index is 800. The summed E-state index contributed by atoms with van der Waals surface area (Å²) in [6.07, 6.45) is 3.90. The van der Waals surface area contributed by atoms with Crippen molar-refractivity contribution in [3.63, 3.8) is 0 Å².